The number of carbonyl (C=O) groups is 1. The molecule has 0 fully saturated rings. The average molecular weight is 391 g/mol. The van der Waals surface area contributed by atoms with Crippen LogP contribution in [0.1, 0.15) is 81.3 Å². The lowest BCUT2D eigenvalue weighted by atomic mass is 9.92. The first-order valence-corrected chi connectivity index (χ1v) is 9.73. The fraction of sp³-hybridized carbons (Fsp3) is 0.522. The van der Waals surface area contributed by atoms with E-state index in [2.05, 4.69) is 6.08 Å². The summed E-state index contributed by atoms with van der Waals surface area (Å²) < 4.78 is 0. The molecule has 0 aliphatic carbocycles. The Bertz CT molecular complexity index is 753. The molecule has 156 valence electrons. The van der Waals surface area contributed by atoms with Crippen LogP contribution in [0.3, 0.4) is 0 Å². The number of carboxylic acids is 1. The van der Waals surface area contributed by atoms with Gasteiger partial charge in [0.2, 0.25) is 0 Å². The Kier molecular flexibility index (Phi) is 8.76. The number of allylic oxidation sites excluding steroid dienone is 4. The van der Waals surface area contributed by atoms with Crippen molar-refractivity contribution in [1.29, 1.82) is 0 Å². The van der Waals surface area contributed by atoms with Gasteiger partial charge < -0.3 is 20.4 Å². The van der Waals surface area contributed by atoms with Crippen molar-refractivity contribution in [2.24, 2.45) is 0 Å². The normalized spacial score (nSPS) is 13.9. The third-order valence-corrected chi connectivity index (χ3v) is 4.97. The van der Waals surface area contributed by atoms with E-state index in [1.807, 2.05) is 33.8 Å². The molecule has 0 heterocycles. The zero-order chi connectivity index (χ0) is 21.5. The first-order valence-electron chi connectivity index (χ1n) is 9.73. The van der Waals surface area contributed by atoms with Gasteiger partial charge >= 0.3 is 5.97 Å². The van der Waals surface area contributed by atoms with E-state index in [-0.39, 0.29) is 29.0 Å². The van der Waals surface area contributed by atoms with Gasteiger partial charge in [0.15, 0.2) is 0 Å². The molecular weight excluding hydrogens is 356 g/mol. The number of carboxylic acid groups (broad SMARTS) is 1. The van der Waals surface area contributed by atoms with Gasteiger partial charge in [0.1, 0.15) is 17.1 Å². The second-order valence-corrected chi connectivity index (χ2v) is 8.15. The maximum atomic E-state index is 11.3. The van der Waals surface area contributed by atoms with Crippen LogP contribution in [-0.2, 0) is 6.42 Å². The zero-order valence-corrected chi connectivity index (χ0v) is 17.7. The lowest BCUT2D eigenvalue weighted by molar-refractivity contribution is 0.0410. The van der Waals surface area contributed by atoms with Crippen molar-refractivity contribution < 1.29 is 25.2 Å². The standard InChI is InChI=1S/C23H34O5/c1-15(2)8-6-12-23(5,28)13-7-9-16(3)10-11-18-19(24)14-17(4)20(21(18)25)22(26)27/h8,10,14,24-25,28H,6-7,9,11-13H2,1-5H3,(H,26,27)/t23-/m1/s1. The third kappa shape index (κ3) is 7.39. The van der Waals surface area contributed by atoms with Crippen LogP contribution in [0.2, 0.25) is 0 Å². The highest BCUT2D eigenvalue weighted by molar-refractivity contribution is 5.93. The molecule has 1 rings (SSSR count). The van der Waals surface area contributed by atoms with E-state index in [1.165, 1.54) is 18.6 Å². The van der Waals surface area contributed by atoms with E-state index in [1.54, 1.807) is 0 Å². The Morgan fingerprint density at radius 1 is 1.14 bits per heavy atom. The van der Waals surface area contributed by atoms with Crippen molar-refractivity contribution in [2.45, 2.75) is 78.7 Å². The number of phenols is 2. The van der Waals surface area contributed by atoms with Gasteiger partial charge in [0, 0.05) is 5.56 Å². The van der Waals surface area contributed by atoms with Crippen LogP contribution >= 0.6 is 0 Å². The Balaban J connectivity index is 2.68. The topological polar surface area (TPSA) is 98.0 Å². The summed E-state index contributed by atoms with van der Waals surface area (Å²) in [5.41, 5.74) is 1.99. The third-order valence-electron chi connectivity index (χ3n) is 4.97. The minimum absolute atomic E-state index is 0.105. The summed E-state index contributed by atoms with van der Waals surface area (Å²) in [5, 5.41) is 40.0. The number of aryl methyl sites for hydroxylation is 1. The molecular formula is C23H34O5. The molecule has 0 saturated heterocycles. The molecule has 4 N–H and O–H groups in total. The lowest BCUT2D eigenvalue weighted by Gasteiger charge is -2.22. The number of benzene rings is 1. The molecule has 5 heteroatoms. The van der Waals surface area contributed by atoms with Crippen LogP contribution in [0.5, 0.6) is 11.5 Å². The van der Waals surface area contributed by atoms with E-state index in [9.17, 15) is 25.2 Å². The molecule has 0 spiro atoms. The van der Waals surface area contributed by atoms with Crippen molar-refractivity contribution in [3.63, 3.8) is 0 Å². The van der Waals surface area contributed by atoms with E-state index in [0.717, 1.165) is 31.3 Å². The fourth-order valence-electron chi connectivity index (χ4n) is 3.22. The molecule has 28 heavy (non-hydrogen) atoms. The number of rotatable bonds is 10. The summed E-state index contributed by atoms with van der Waals surface area (Å²) in [4.78, 5) is 11.3. The Morgan fingerprint density at radius 2 is 1.79 bits per heavy atom. The summed E-state index contributed by atoms with van der Waals surface area (Å²) in [7, 11) is 0. The van der Waals surface area contributed by atoms with E-state index < -0.39 is 11.6 Å². The molecule has 0 amide bonds. The first kappa shape index (κ1) is 23.8. The summed E-state index contributed by atoms with van der Waals surface area (Å²) in [6.07, 6.45) is 8.17. The van der Waals surface area contributed by atoms with Crippen LogP contribution < -0.4 is 0 Å². The van der Waals surface area contributed by atoms with Crippen LogP contribution in [-0.4, -0.2) is 32.0 Å². The van der Waals surface area contributed by atoms with Gasteiger partial charge in [-0.15, -0.1) is 0 Å². The van der Waals surface area contributed by atoms with Crippen molar-refractivity contribution >= 4 is 5.97 Å². The van der Waals surface area contributed by atoms with Gasteiger partial charge in [-0.2, -0.15) is 0 Å². The molecule has 0 radical (unpaired) electrons. The molecule has 5 nitrogen and oxygen atoms in total. The smallest absolute Gasteiger partial charge is 0.339 e. The number of aliphatic hydroxyl groups is 1. The molecule has 0 bridgehead atoms. The summed E-state index contributed by atoms with van der Waals surface area (Å²) >= 11 is 0. The lowest BCUT2D eigenvalue weighted by Crippen LogP contribution is -2.23. The first-order chi connectivity index (χ1) is 12.9. The number of aromatic carboxylic acids is 1. The highest BCUT2D eigenvalue weighted by atomic mass is 16.4. The fourth-order valence-corrected chi connectivity index (χ4v) is 3.22. The van der Waals surface area contributed by atoms with Gasteiger partial charge in [-0.05, 0) is 84.8 Å². The second kappa shape index (κ2) is 10.3. The Morgan fingerprint density at radius 3 is 2.36 bits per heavy atom. The summed E-state index contributed by atoms with van der Waals surface area (Å²) in [6.45, 7) is 9.45. The van der Waals surface area contributed by atoms with Gasteiger partial charge in [-0.1, -0.05) is 23.3 Å². The van der Waals surface area contributed by atoms with Crippen molar-refractivity contribution in [3.8, 4) is 11.5 Å². The second-order valence-electron chi connectivity index (χ2n) is 8.15. The maximum Gasteiger partial charge on any atom is 0.339 e. The number of hydrogen-bond acceptors (Lipinski definition) is 4. The molecule has 0 unspecified atom stereocenters. The molecule has 0 aromatic heterocycles. The number of aromatic hydroxyl groups is 2. The van der Waals surface area contributed by atoms with Crippen molar-refractivity contribution in [3.05, 3.63) is 46.1 Å². The highest BCUT2D eigenvalue weighted by Gasteiger charge is 2.20. The minimum Gasteiger partial charge on any atom is -0.508 e. The van der Waals surface area contributed by atoms with Gasteiger partial charge in [-0.25, -0.2) is 4.79 Å². The van der Waals surface area contributed by atoms with E-state index in [0.29, 0.717) is 12.0 Å². The minimum atomic E-state index is -1.22. The molecule has 0 saturated carbocycles. The Hall–Kier alpha value is -2.27. The van der Waals surface area contributed by atoms with Gasteiger partial charge in [0.05, 0.1) is 5.60 Å². The summed E-state index contributed by atoms with van der Waals surface area (Å²) in [6, 6.07) is 1.37. The zero-order valence-electron chi connectivity index (χ0n) is 17.7. The quantitative estimate of drug-likeness (QED) is 0.409. The van der Waals surface area contributed by atoms with Gasteiger partial charge in [-0.3, -0.25) is 0 Å². The number of hydrogen-bond donors (Lipinski definition) is 4. The van der Waals surface area contributed by atoms with E-state index in [4.69, 9.17) is 0 Å². The van der Waals surface area contributed by atoms with Crippen LogP contribution in [0.25, 0.3) is 0 Å². The summed E-state index contributed by atoms with van der Waals surface area (Å²) in [5.74, 6) is -1.70. The van der Waals surface area contributed by atoms with Crippen molar-refractivity contribution in [2.75, 3.05) is 0 Å². The van der Waals surface area contributed by atoms with Crippen LogP contribution in [0, 0.1) is 6.92 Å². The highest BCUT2D eigenvalue weighted by Crippen LogP contribution is 2.34. The molecule has 1 aromatic rings. The molecule has 1 atom stereocenters. The number of phenolic OH excluding ortho intramolecular Hbond substituents is 1. The van der Waals surface area contributed by atoms with Crippen LogP contribution in [0.15, 0.2) is 29.4 Å². The predicted octanol–water partition coefficient (Wildman–Crippen LogP) is 5.26. The molecule has 1 aromatic carbocycles. The van der Waals surface area contributed by atoms with Crippen molar-refractivity contribution in [1.82, 2.24) is 0 Å². The Labute approximate surface area is 168 Å². The van der Waals surface area contributed by atoms with E-state index >= 15 is 0 Å². The molecule has 0 aliphatic heterocycles. The largest absolute Gasteiger partial charge is 0.508 e. The predicted molar refractivity (Wildman–Crippen MR) is 112 cm³/mol. The van der Waals surface area contributed by atoms with Crippen LogP contribution in [0.4, 0.5) is 0 Å². The monoisotopic (exact) mass is 390 g/mol. The molecule has 0 aliphatic rings. The SMILES string of the molecule is CC(C)=CCC[C@@](C)(O)CCCC(C)=CCc1c(O)cc(C)c(C(=O)O)c1O. The average Bonchev–Trinajstić information content (AvgIpc) is 2.52. The maximum absolute atomic E-state index is 11.3. The van der Waals surface area contributed by atoms with Gasteiger partial charge in [0.25, 0.3) is 0 Å².